The standard InChI is InChI=1S/C16H25NO4/c1-2-3-7-17-8-6-13(15(18)10-17)12-21-16(19)14-5-4-9-20-11-14/h4-5,11,13,15,18H,2-3,6-10,12H2,1H3. The summed E-state index contributed by atoms with van der Waals surface area (Å²) in [7, 11) is 0. The van der Waals surface area contributed by atoms with Gasteiger partial charge in [0.15, 0.2) is 0 Å². The first-order chi connectivity index (χ1) is 10.2. The molecule has 5 heteroatoms. The average Bonchev–Trinajstić information content (AvgIpc) is 2.52. The lowest BCUT2D eigenvalue weighted by molar-refractivity contribution is -0.142. The Kier molecular flexibility index (Phi) is 6.26. The van der Waals surface area contributed by atoms with Crippen molar-refractivity contribution in [1.82, 2.24) is 4.90 Å². The molecule has 2 heterocycles. The summed E-state index contributed by atoms with van der Waals surface area (Å²) in [6.45, 7) is 5.60. The first-order valence-corrected chi connectivity index (χ1v) is 7.76. The van der Waals surface area contributed by atoms with Crippen LogP contribution in [0.5, 0.6) is 0 Å². The van der Waals surface area contributed by atoms with Crippen LogP contribution in [0.4, 0.5) is 0 Å². The quantitative estimate of drug-likeness (QED) is 0.752. The van der Waals surface area contributed by atoms with E-state index >= 15 is 0 Å². The fourth-order valence-electron chi connectivity index (χ4n) is 2.61. The Morgan fingerprint density at radius 3 is 3.10 bits per heavy atom. The van der Waals surface area contributed by atoms with Crippen molar-refractivity contribution in [1.29, 1.82) is 0 Å². The minimum atomic E-state index is -0.421. The van der Waals surface area contributed by atoms with Gasteiger partial charge in [0.05, 0.1) is 24.5 Å². The van der Waals surface area contributed by atoms with Crippen LogP contribution in [0.3, 0.4) is 0 Å². The van der Waals surface area contributed by atoms with Crippen molar-refractivity contribution >= 4 is 5.97 Å². The van der Waals surface area contributed by atoms with Crippen LogP contribution in [0, 0.1) is 5.92 Å². The second-order valence-corrected chi connectivity index (χ2v) is 5.68. The molecule has 0 radical (unpaired) electrons. The van der Waals surface area contributed by atoms with Crippen molar-refractivity contribution in [2.75, 3.05) is 32.8 Å². The van der Waals surface area contributed by atoms with E-state index in [0.29, 0.717) is 18.7 Å². The summed E-state index contributed by atoms with van der Waals surface area (Å²) in [5, 5.41) is 10.2. The molecule has 2 rings (SSSR count). The van der Waals surface area contributed by atoms with E-state index < -0.39 is 6.10 Å². The molecule has 0 spiro atoms. The Morgan fingerprint density at radius 1 is 1.57 bits per heavy atom. The van der Waals surface area contributed by atoms with Crippen molar-refractivity contribution in [3.8, 4) is 0 Å². The molecule has 1 fully saturated rings. The molecule has 0 aromatic rings. The van der Waals surface area contributed by atoms with Gasteiger partial charge in [0.25, 0.3) is 0 Å². The zero-order chi connectivity index (χ0) is 15.1. The monoisotopic (exact) mass is 295 g/mol. The highest BCUT2D eigenvalue weighted by Crippen LogP contribution is 2.19. The molecule has 118 valence electrons. The molecule has 2 aliphatic heterocycles. The van der Waals surface area contributed by atoms with E-state index in [-0.39, 0.29) is 18.5 Å². The lowest BCUT2D eigenvalue weighted by atomic mass is 9.94. The summed E-state index contributed by atoms with van der Waals surface area (Å²) in [6, 6.07) is 0. The third-order valence-electron chi connectivity index (χ3n) is 4.00. The number of rotatable bonds is 6. The number of carbonyl (C=O) groups excluding carboxylic acids is 1. The zero-order valence-electron chi connectivity index (χ0n) is 12.7. The molecule has 0 amide bonds. The molecule has 0 saturated carbocycles. The number of esters is 1. The van der Waals surface area contributed by atoms with Gasteiger partial charge in [0.1, 0.15) is 6.61 Å². The molecule has 1 N–H and O–H groups in total. The van der Waals surface area contributed by atoms with Gasteiger partial charge < -0.3 is 19.5 Å². The molecule has 5 nitrogen and oxygen atoms in total. The zero-order valence-corrected chi connectivity index (χ0v) is 12.7. The predicted molar refractivity (Wildman–Crippen MR) is 79.6 cm³/mol. The molecule has 0 aliphatic carbocycles. The molecular formula is C16H25NO4. The SMILES string of the molecule is CCCCN1CCC(COC(=O)C2=COCC=C2)C(O)C1. The highest BCUT2D eigenvalue weighted by Gasteiger charge is 2.28. The molecule has 0 aromatic heterocycles. The highest BCUT2D eigenvalue weighted by atomic mass is 16.5. The van der Waals surface area contributed by atoms with Gasteiger partial charge in [-0.1, -0.05) is 13.3 Å². The minimum Gasteiger partial charge on any atom is -0.496 e. The van der Waals surface area contributed by atoms with Gasteiger partial charge in [-0.2, -0.15) is 0 Å². The number of likely N-dealkylation sites (tertiary alicyclic amines) is 1. The fraction of sp³-hybridized carbons (Fsp3) is 0.688. The summed E-state index contributed by atoms with van der Waals surface area (Å²) in [5.41, 5.74) is 0.427. The predicted octanol–water partition coefficient (Wildman–Crippen LogP) is 1.48. The summed E-state index contributed by atoms with van der Waals surface area (Å²) >= 11 is 0. The number of carbonyl (C=O) groups is 1. The third-order valence-corrected chi connectivity index (χ3v) is 4.00. The Hall–Kier alpha value is -1.33. The molecule has 2 unspecified atom stereocenters. The van der Waals surface area contributed by atoms with Crippen molar-refractivity contribution < 1.29 is 19.4 Å². The van der Waals surface area contributed by atoms with E-state index in [1.165, 1.54) is 12.7 Å². The van der Waals surface area contributed by atoms with E-state index in [0.717, 1.165) is 25.9 Å². The van der Waals surface area contributed by atoms with Crippen LogP contribution < -0.4 is 0 Å². The van der Waals surface area contributed by atoms with Crippen LogP contribution in [-0.4, -0.2) is 54.9 Å². The van der Waals surface area contributed by atoms with Gasteiger partial charge in [0.2, 0.25) is 0 Å². The lowest BCUT2D eigenvalue weighted by Crippen LogP contribution is -2.45. The van der Waals surface area contributed by atoms with E-state index in [9.17, 15) is 9.90 Å². The van der Waals surface area contributed by atoms with Crippen molar-refractivity contribution in [3.63, 3.8) is 0 Å². The van der Waals surface area contributed by atoms with Gasteiger partial charge in [-0.15, -0.1) is 0 Å². The number of aliphatic hydroxyl groups excluding tert-OH is 1. The number of unbranched alkanes of at least 4 members (excludes halogenated alkanes) is 1. The molecule has 21 heavy (non-hydrogen) atoms. The van der Waals surface area contributed by atoms with E-state index in [1.807, 2.05) is 0 Å². The van der Waals surface area contributed by atoms with Gasteiger partial charge in [-0.3, -0.25) is 0 Å². The van der Waals surface area contributed by atoms with Crippen LogP contribution in [0.25, 0.3) is 0 Å². The Labute approximate surface area is 126 Å². The number of ether oxygens (including phenoxy) is 2. The maximum absolute atomic E-state index is 11.8. The number of hydrogen-bond acceptors (Lipinski definition) is 5. The lowest BCUT2D eigenvalue weighted by Gasteiger charge is -2.35. The van der Waals surface area contributed by atoms with E-state index in [4.69, 9.17) is 9.47 Å². The second kappa shape index (κ2) is 8.20. The van der Waals surface area contributed by atoms with Gasteiger partial charge >= 0.3 is 5.97 Å². The Bertz CT molecular complexity index is 405. The molecule has 0 aromatic carbocycles. The van der Waals surface area contributed by atoms with Gasteiger partial charge in [-0.05, 0) is 38.1 Å². The molecular weight excluding hydrogens is 270 g/mol. The topological polar surface area (TPSA) is 59.0 Å². The molecule has 2 atom stereocenters. The summed E-state index contributed by atoms with van der Waals surface area (Å²) < 4.78 is 10.4. The van der Waals surface area contributed by atoms with Crippen LogP contribution in [0.15, 0.2) is 24.0 Å². The summed E-state index contributed by atoms with van der Waals surface area (Å²) in [4.78, 5) is 14.1. The van der Waals surface area contributed by atoms with Crippen LogP contribution in [0.2, 0.25) is 0 Å². The van der Waals surface area contributed by atoms with E-state index in [1.54, 1.807) is 12.2 Å². The van der Waals surface area contributed by atoms with Crippen molar-refractivity contribution in [2.24, 2.45) is 5.92 Å². The van der Waals surface area contributed by atoms with Gasteiger partial charge in [0, 0.05) is 12.5 Å². The minimum absolute atomic E-state index is 0.0286. The van der Waals surface area contributed by atoms with Crippen LogP contribution in [-0.2, 0) is 14.3 Å². The fourth-order valence-corrected chi connectivity index (χ4v) is 2.61. The van der Waals surface area contributed by atoms with Crippen molar-refractivity contribution in [2.45, 2.75) is 32.3 Å². The second-order valence-electron chi connectivity index (χ2n) is 5.68. The van der Waals surface area contributed by atoms with Crippen LogP contribution in [0.1, 0.15) is 26.2 Å². The van der Waals surface area contributed by atoms with E-state index in [2.05, 4.69) is 11.8 Å². The average molecular weight is 295 g/mol. The molecule has 0 bridgehead atoms. The number of piperidine rings is 1. The number of aliphatic hydroxyl groups is 1. The maximum atomic E-state index is 11.8. The number of nitrogens with zero attached hydrogens (tertiary/aromatic N) is 1. The van der Waals surface area contributed by atoms with Gasteiger partial charge in [-0.25, -0.2) is 4.79 Å². The summed E-state index contributed by atoms with van der Waals surface area (Å²) in [6.07, 6.45) is 7.67. The van der Waals surface area contributed by atoms with Crippen molar-refractivity contribution in [3.05, 3.63) is 24.0 Å². The van der Waals surface area contributed by atoms with Crippen LogP contribution >= 0.6 is 0 Å². The Balaban J connectivity index is 1.73. The molecule has 1 saturated heterocycles. The highest BCUT2D eigenvalue weighted by molar-refractivity contribution is 5.91. The number of hydrogen-bond donors (Lipinski definition) is 1. The largest absolute Gasteiger partial charge is 0.496 e. The third kappa shape index (κ3) is 4.86. The molecule has 2 aliphatic rings. The smallest absolute Gasteiger partial charge is 0.341 e. The Morgan fingerprint density at radius 2 is 2.43 bits per heavy atom. The first kappa shape index (κ1) is 16.0. The first-order valence-electron chi connectivity index (χ1n) is 7.76. The normalized spacial score (nSPS) is 26.1. The summed E-state index contributed by atoms with van der Waals surface area (Å²) in [5.74, 6) is -0.354. The maximum Gasteiger partial charge on any atom is 0.341 e. The number of β-amino-alcohol motifs (C(OH)–C–C–N with tert-alkyl or cyclic N) is 1.